The molecule has 0 saturated carbocycles. The first kappa shape index (κ1) is 15.8. The molecule has 2 atom stereocenters. The number of aromatic nitrogens is 2. The summed E-state index contributed by atoms with van der Waals surface area (Å²) in [6.07, 6.45) is -0.719. The Labute approximate surface area is 148 Å². The van der Waals surface area contributed by atoms with Crippen LogP contribution in [0.15, 0.2) is 42.5 Å². The van der Waals surface area contributed by atoms with E-state index >= 15 is 0 Å². The molecule has 2 N–H and O–H groups in total. The lowest BCUT2D eigenvalue weighted by molar-refractivity contribution is -0.122. The summed E-state index contributed by atoms with van der Waals surface area (Å²) in [6, 6.07) is 14.2. The Balaban J connectivity index is 1.76. The van der Waals surface area contributed by atoms with Crippen LogP contribution in [-0.4, -0.2) is 27.8 Å². The zero-order valence-corrected chi connectivity index (χ0v) is 13.8. The summed E-state index contributed by atoms with van der Waals surface area (Å²) in [5.74, 6) is -1.27. The van der Waals surface area contributed by atoms with Gasteiger partial charge in [0.25, 0.3) is 5.91 Å². The number of H-pyrrole nitrogens is 1. The number of ether oxygens (including phenoxy) is 1. The van der Waals surface area contributed by atoms with Crippen LogP contribution in [0.3, 0.4) is 0 Å². The highest BCUT2D eigenvalue weighted by Crippen LogP contribution is 2.35. The third-order valence-corrected chi connectivity index (χ3v) is 4.27. The first-order valence-corrected chi connectivity index (χ1v) is 8.07. The van der Waals surface area contributed by atoms with Gasteiger partial charge in [-0.1, -0.05) is 18.2 Å². The van der Waals surface area contributed by atoms with Gasteiger partial charge in [-0.05, 0) is 31.2 Å². The van der Waals surface area contributed by atoms with Crippen LogP contribution in [0, 0.1) is 11.3 Å². The number of nitrogens with zero attached hydrogens (tertiary/aromatic N) is 2. The molecular formula is C19H14N4O3. The zero-order valence-electron chi connectivity index (χ0n) is 13.8. The van der Waals surface area contributed by atoms with Crippen molar-refractivity contribution < 1.29 is 14.3 Å². The molecule has 1 aromatic heterocycles. The van der Waals surface area contributed by atoms with Crippen LogP contribution >= 0.6 is 0 Å². The molecule has 0 aliphatic carbocycles. The van der Waals surface area contributed by atoms with Gasteiger partial charge < -0.3 is 15.0 Å². The molecule has 0 unspecified atom stereocenters. The van der Waals surface area contributed by atoms with E-state index in [9.17, 15) is 14.9 Å². The van der Waals surface area contributed by atoms with Gasteiger partial charge in [0, 0.05) is 0 Å². The van der Waals surface area contributed by atoms with Crippen LogP contribution in [-0.2, 0) is 4.79 Å². The number of carbonyl (C=O) groups is 2. The molecule has 128 valence electrons. The highest BCUT2D eigenvalue weighted by Gasteiger charge is 2.32. The average molecular weight is 346 g/mol. The van der Waals surface area contributed by atoms with Gasteiger partial charge in [-0.15, -0.1) is 0 Å². The van der Waals surface area contributed by atoms with Crippen molar-refractivity contribution in [3.8, 4) is 11.8 Å². The monoisotopic (exact) mass is 346 g/mol. The normalized spacial score (nSPS) is 16.9. The van der Waals surface area contributed by atoms with E-state index in [2.05, 4.69) is 15.3 Å². The number of imidazole rings is 1. The van der Waals surface area contributed by atoms with Crippen LogP contribution in [0.25, 0.3) is 11.0 Å². The molecule has 1 aliphatic rings. The fourth-order valence-corrected chi connectivity index (χ4v) is 2.93. The molecule has 7 heteroatoms. The van der Waals surface area contributed by atoms with Gasteiger partial charge in [-0.2, -0.15) is 5.26 Å². The summed E-state index contributed by atoms with van der Waals surface area (Å²) in [6.45, 7) is 1.60. The third-order valence-electron chi connectivity index (χ3n) is 4.27. The van der Waals surface area contributed by atoms with Crippen molar-refractivity contribution in [1.82, 2.24) is 9.97 Å². The number of aromatic amines is 1. The fraction of sp³-hybridized carbons (Fsp3) is 0.158. The van der Waals surface area contributed by atoms with Crippen LogP contribution in [0.2, 0.25) is 0 Å². The quantitative estimate of drug-likeness (QED) is 0.709. The molecule has 2 heterocycles. The summed E-state index contributed by atoms with van der Waals surface area (Å²) < 4.78 is 5.61. The number of ketones is 1. The number of benzene rings is 2. The predicted molar refractivity (Wildman–Crippen MR) is 93.9 cm³/mol. The Morgan fingerprint density at radius 1 is 1.27 bits per heavy atom. The summed E-state index contributed by atoms with van der Waals surface area (Å²) >= 11 is 0. The van der Waals surface area contributed by atoms with Crippen LogP contribution in [0.1, 0.15) is 29.0 Å². The molecule has 2 aromatic carbocycles. The Kier molecular flexibility index (Phi) is 3.66. The van der Waals surface area contributed by atoms with E-state index in [0.717, 1.165) is 5.52 Å². The smallest absolute Gasteiger partial charge is 0.265 e. The second kappa shape index (κ2) is 6.01. The number of nitrogens with one attached hydrogen (secondary N) is 2. The Morgan fingerprint density at radius 2 is 2.08 bits per heavy atom. The van der Waals surface area contributed by atoms with E-state index in [-0.39, 0.29) is 23.0 Å². The maximum atomic E-state index is 13.0. The van der Waals surface area contributed by atoms with Crippen molar-refractivity contribution >= 4 is 28.4 Å². The minimum absolute atomic E-state index is 0.237. The fourth-order valence-electron chi connectivity index (χ4n) is 2.93. The number of nitriles is 1. The number of rotatable bonds is 3. The molecular weight excluding hydrogens is 332 g/mol. The second-order valence-electron chi connectivity index (χ2n) is 6.00. The van der Waals surface area contributed by atoms with E-state index in [1.807, 2.05) is 24.3 Å². The van der Waals surface area contributed by atoms with Crippen LogP contribution < -0.4 is 10.1 Å². The molecule has 0 fully saturated rings. The van der Waals surface area contributed by atoms with E-state index in [1.165, 1.54) is 0 Å². The van der Waals surface area contributed by atoms with Crippen molar-refractivity contribution in [2.75, 3.05) is 5.32 Å². The molecule has 0 spiro atoms. The predicted octanol–water partition coefficient (Wildman–Crippen LogP) is 2.77. The Hall–Kier alpha value is -3.66. The van der Waals surface area contributed by atoms with Gasteiger partial charge in [-0.3, -0.25) is 9.59 Å². The van der Waals surface area contributed by atoms with E-state index < -0.39 is 17.8 Å². The van der Waals surface area contributed by atoms with E-state index in [4.69, 9.17) is 4.74 Å². The number of anilines is 1. The molecule has 4 rings (SSSR count). The van der Waals surface area contributed by atoms with Gasteiger partial charge in [0.15, 0.2) is 23.6 Å². The third kappa shape index (κ3) is 2.48. The molecule has 1 aliphatic heterocycles. The molecule has 0 saturated heterocycles. The molecule has 0 bridgehead atoms. The summed E-state index contributed by atoms with van der Waals surface area (Å²) in [4.78, 5) is 32.2. The highest BCUT2D eigenvalue weighted by molar-refractivity contribution is 6.08. The molecule has 0 radical (unpaired) electrons. The van der Waals surface area contributed by atoms with Gasteiger partial charge in [0.1, 0.15) is 5.82 Å². The van der Waals surface area contributed by atoms with E-state index in [0.29, 0.717) is 11.2 Å². The van der Waals surface area contributed by atoms with Crippen molar-refractivity contribution in [2.45, 2.75) is 18.9 Å². The number of fused-ring (bicyclic) bond motifs is 2. The number of carbonyl (C=O) groups excluding carboxylic acids is 2. The molecule has 7 nitrogen and oxygen atoms in total. The summed E-state index contributed by atoms with van der Waals surface area (Å²) in [5.41, 5.74) is 2.09. The van der Waals surface area contributed by atoms with Crippen LogP contribution in [0.5, 0.6) is 5.75 Å². The lowest BCUT2D eigenvalue weighted by atomic mass is 9.96. The number of para-hydroxylation sites is 3. The van der Waals surface area contributed by atoms with Crippen LogP contribution in [0.4, 0.5) is 5.69 Å². The first-order chi connectivity index (χ1) is 12.6. The Morgan fingerprint density at radius 3 is 2.85 bits per heavy atom. The van der Waals surface area contributed by atoms with Gasteiger partial charge in [-0.25, -0.2) is 4.98 Å². The van der Waals surface area contributed by atoms with Crippen molar-refractivity contribution in [3.05, 3.63) is 53.9 Å². The molecule has 3 aromatic rings. The van der Waals surface area contributed by atoms with Crippen molar-refractivity contribution in [3.63, 3.8) is 0 Å². The minimum atomic E-state index is -1.11. The lowest BCUT2D eigenvalue weighted by Crippen LogP contribution is -2.35. The first-order valence-electron chi connectivity index (χ1n) is 8.07. The number of amides is 1. The SMILES string of the molecule is C[C@H]1Oc2c(cccc2C(=O)[C@H](C#N)c2nc3ccccc3[nH]2)NC1=O. The highest BCUT2D eigenvalue weighted by atomic mass is 16.5. The van der Waals surface area contributed by atoms with Gasteiger partial charge in [0.05, 0.1) is 28.4 Å². The molecule has 1 amide bonds. The van der Waals surface area contributed by atoms with Crippen molar-refractivity contribution in [2.24, 2.45) is 0 Å². The molecule has 26 heavy (non-hydrogen) atoms. The maximum Gasteiger partial charge on any atom is 0.265 e. The van der Waals surface area contributed by atoms with Gasteiger partial charge >= 0.3 is 0 Å². The topological polar surface area (TPSA) is 108 Å². The zero-order chi connectivity index (χ0) is 18.3. The van der Waals surface area contributed by atoms with Gasteiger partial charge in [0.2, 0.25) is 0 Å². The standard InChI is InChI=1S/C19H14N4O3/c1-10-19(25)23-15-8-4-5-11(17(15)26-10)16(24)12(9-20)18-21-13-6-2-3-7-14(13)22-18/h2-8,10,12H,1H3,(H,21,22)(H,23,25)/t10-,12+/m1/s1. The minimum Gasteiger partial charge on any atom is -0.478 e. The lowest BCUT2D eigenvalue weighted by Gasteiger charge is -2.25. The van der Waals surface area contributed by atoms with E-state index in [1.54, 1.807) is 31.2 Å². The van der Waals surface area contributed by atoms with Crippen molar-refractivity contribution in [1.29, 1.82) is 5.26 Å². The Bertz CT molecular complexity index is 1050. The average Bonchev–Trinajstić information content (AvgIpc) is 3.06. The summed E-state index contributed by atoms with van der Waals surface area (Å²) in [7, 11) is 0. The second-order valence-corrected chi connectivity index (χ2v) is 6.00. The maximum absolute atomic E-state index is 13.0. The number of hydrogen-bond acceptors (Lipinski definition) is 5. The number of hydrogen-bond donors (Lipinski definition) is 2. The number of Topliss-reactive ketones (excluding diaryl/α,β-unsaturated/α-hetero) is 1. The largest absolute Gasteiger partial charge is 0.478 e. The summed E-state index contributed by atoms with van der Waals surface area (Å²) in [5, 5.41) is 12.3.